The van der Waals surface area contributed by atoms with E-state index in [-0.39, 0.29) is 30.8 Å². The van der Waals surface area contributed by atoms with Crippen molar-refractivity contribution in [2.75, 3.05) is 6.61 Å². The predicted octanol–water partition coefficient (Wildman–Crippen LogP) is -0.923. The van der Waals surface area contributed by atoms with E-state index < -0.39 is 12.2 Å². The molecule has 0 radical (unpaired) electrons. The van der Waals surface area contributed by atoms with E-state index in [1.165, 1.54) is 0 Å². The number of nitrogens with zero attached hydrogens (tertiary/aromatic N) is 1. The first-order valence-electron chi connectivity index (χ1n) is 6.48. The van der Waals surface area contributed by atoms with E-state index in [2.05, 4.69) is 4.90 Å². The van der Waals surface area contributed by atoms with Crippen molar-refractivity contribution in [2.45, 2.75) is 69.0 Å². The third-order valence-corrected chi connectivity index (χ3v) is 4.23. The lowest BCUT2D eigenvalue weighted by molar-refractivity contribution is 0.0118. The molecule has 6 atom stereocenters. The standard InChI is InChI=1S/C12H23NO4/c1-7(15)2-3-8-4-5-9-11(16)12(17)10(6-14)13(8)9/h7-12,14-17H,2-6H2,1H3/t7-,8-,9-,10-,11-,12-/m1/s1. The van der Waals surface area contributed by atoms with Gasteiger partial charge in [0.15, 0.2) is 0 Å². The average molecular weight is 245 g/mol. The summed E-state index contributed by atoms with van der Waals surface area (Å²) >= 11 is 0. The lowest BCUT2D eigenvalue weighted by Crippen LogP contribution is -2.43. The summed E-state index contributed by atoms with van der Waals surface area (Å²) in [7, 11) is 0. The lowest BCUT2D eigenvalue weighted by atomic mass is 10.0. The summed E-state index contributed by atoms with van der Waals surface area (Å²) in [6, 6.07) is -0.115. The van der Waals surface area contributed by atoms with Crippen LogP contribution >= 0.6 is 0 Å². The molecule has 2 aliphatic rings. The van der Waals surface area contributed by atoms with Gasteiger partial charge in [0, 0.05) is 12.1 Å². The first kappa shape index (κ1) is 13.2. The first-order chi connectivity index (χ1) is 8.06. The van der Waals surface area contributed by atoms with Gasteiger partial charge in [-0.05, 0) is 32.6 Å². The van der Waals surface area contributed by atoms with Gasteiger partial charge in [0.25, 0.3) is 0 Å². The Hall–Kier alpha value is -0.200. The van der Waals surface area contributed by atoms with Crippen LogP contribution in [0.3, 0.4) is 0 Å². The summed E-state index contributed by atoms with van der Waals surface area (Å²) in [5, 5.41) is 38.4. The molecule has 4 N–H and O–H groups in total. The van der Waals surface area contributed by atoms with E-state index >= 15 is 0 Å². The Kier molecular flexibility index (Phi) is 4.05. The Labute approximate surface area is 102 Å². The van der Waals surface area contributed by atoms with Crippen molar-refractivity contribution < 1.29 is 20.4 Å². The van der Waals surface area contributed by atoms with Crippen LogP contribution in [0.5, 0.6) is 0 Å². The number of aliphatic hydroxyl groups excluding tert-OH is 4. The van der Waals surface area contributed by atoms with Gasteiger partial charge in [-0.3, -0.25) is 4.90 Å². The molecule has 0 aromatic rings. The van der Waals surface area contributed by atoms with E-state index in [0.29, 0.717) is 0 Å². The highest BCUT2D eigenvalue weighted by Crippen LogP contribution is 2.38. The Morgan fingerprint density at radius 2 is 1.94 bits per heavy atom. The monoisotopic (exact) mass is 245 g/mol. The molecule has 0 aromatic carbocycles. The van der Waals surface area contributed by atoms with Crippen LogP contribution in [-0.4, -0.2) is 68.4 Å². The van der Waals surface area contributed by atoms with Crippen molar-refractivity contribution in [1.29, 1.82) is 0 Å². The largest absolute Gasteiger partial charge is 0.395 e. The molecular formula is C12H23NO4. The zero-order chi connectivity index (χ0) is 12.6. The molecule has 0 unspecified atom stereocenters. The zero-order valence-electron chi connectivity index (χ0n) is 10.2. The van der Waals surface area contributed by atoms with Crippen molar-refractivity contribution in [3.05, 3.63) is 0 Å². The van der Waals surface area contributed by atoms with Gasteiger partial charge in [-0.15, -0.1) is 0 Å². The van der Waals surface area contributed by atoms with Crippen LogP contribution in [0, 0.1) is 0 Å². The van der Waals surface area contributed by atoms with Crippen molar-refractivity contribution in [1.82, 2.24) is 4.90 Å². The third kappa shape index (κ3) is 2.35. The fourth-order valence-electron chi connectivity index (χ4n) is 3.36. The molecule has 100 valence electrons. The summed E-state index contributed by atoms with van der Waals surface area (Å²) in [6.45, 7) is 1.64. The number of rotatable bonds is 4. The lowest BCUT2D eigenvalue weighted by Gasteiger charge is -2.30. The smallest absolute Gasteiger partial charge is 0.0991 e. The van der Waals surface area contributed by atoms with E-state index in [0.717, 1.165) is 25.7 Å². The molecule has 2 aliphatic heterocycles. The molecule has 2 fully saturated rings. The second-order valence-corrected chi connectivity index (χ2v) is 5.40. The second kappa shape index (κ2) is 5.20. The van der Waals surface area contributed by atoms with Gasteiger partial charge in [-0.25, -0.2) is 0 Å². The molecule has 2 saturated heterocycles. The molecule has 0 aromatic heterocycles. The maximum Gasteiger partial charge on any atom is 0.0991 e. The molecular weight excluding hydrogens is 222 g/mol. The van der Waals surface area contributed by atoms with Crippen LogP contribution in [0.25, 0.3) is 0 Å². The van der Waals surface area contributed by atoms with E-state index in [4.69, 9.17) is 0 Å². The van der Waals surface area contributed by atoms with E-state index in [1.807, 2.05) is 0 Å². The normalized spacial score (nSPS) is 43.9. The Bertz CT molecular complexity index is 259. The summed E-state index contributed by atoms with van der Waals surface area (Å²) in [4.78, 5) is 2.07. The molecule has 0 saturated carbocycles. The van der Waals surface area contributed by atoms with Crippen molar-refractivity contribution in [3.8, 4) is 0 Å². The number of fused-ring (bicyclic) bond motifs is 1. The Morgan fingerprint density at radius 1 is 1.24 bits per heavy atom. The molecule has 5 nitrogen and oxygen atoms in total. The number of aliphatic hydroxyl groups is 4. The average Bonchev–Trinajstić information content (AvgIpc) is 2.79. The van der Waals surface area contributed by atoms with Gasteiger partial charge in [0.2, 0.25) is 0 Å². The van der Waals surface area contributed by atoms with Crippen LogP contribution in [0.1, 0.15) is 32.6 Å². The number of hydrogen-bond donors (Lipinski definition) is 4. The highest BCUT2D eigenvalue weighted by Gasteiger charge is 2.52. The van der Waals surface area contributed by atoms with E-state index in [1.54, 1.807) is 6.92 Å². The molecule has 0 spiro atoms. The van der Waals surface area contributed by atoms with Gasteiger partial charge in [-0.2, -0.15) is 0 Å². The highest BCUT2D eigenvalue weighted by molar-refractivity contribution is 5.06. The molecule has 0 amide bonds. The first-order valence-corrected chi connectivity index (χ1v) is 6.48. The van der Waals surface area contributed by atoms with Gasteiger partial charge in [0.1, 0.15) is 0 Å². The number of hydrogen-bond acceptors (Lipinski definition) is 5. The minimum absolute atomic E-state index is 0.0267. The summed E-state index contributed by atoms with van der Waals surface area (Å²) in [5.41, 5.74) is 0. The van der Waals surface area contributed by atoms with Gasteiger partial charge in [0.05, 0.1) is 31.0 Å². The quantitative estimate of drug-likeness (QED) is 0.515. The van der Waals surface area contributed by atoms with Crippen LogP contribution in [-0.2, 0) is 0 Å². The molecule has 0 aliphatic carbocycles. The van der Waals surface area contributed by atoms with E-state index in [9.17, 15) is 20.4 Å². The third-order valence-electron chi connectivity index (χ3n) is 4.23. The predicted molar refractivity (Wildman–Crippen MR) is 62.5 cm³/mol. The fraction of sp³-hybridized carbons (Fsp3) is 1.00. The maximum atomic E-state index is 9.91. The van der Waals surface area contributed by atoms with Crippen molar-refractivity contribution >= 4 is 0 Å². The zero-order valence-corrected chi connectivity index (χ0v) is 10.2. The Morgan fingerprint density at radius 3 is 2.53 bits per heavy atom. The highest BCUT2D eigenvalue weighted by atomic mass is 16.3. The Balaban J connectivity index is 2.02. The second-order valence-electron chi connectivity index (χ2n) is 5.40. The van der Waals surface area contributed by atoms with Gasteiger partial charge < -0.3 is 20.4 Å². The summed E-state index contributed by atoms with van der Waals surface area (Å²) in [6.07, 6.45) is 1.49. The summed E-state index contributed by atoms with van der Waals surface area (Å²) < 4.78 is 0. The maximum absolute atomic E-state index is 9.91. The van der Waals surface area contributed by atoms with Crippen LogP contribution in [0.15, 0.2) is 0 Å². The van der Waals surface area contributed by atoms with Crippen LogP contribution < -0.4 is 0 Å². The van der Waals surface area contributed by atoms with Crippen LogP contribution in [0.2, 0.25) is 0 Å². The van der Waals surface area contributed by atoms with Crippen molar-refractivity contribution in [2.24, 2.45) is 0 Å². The SMILES string of the molecule is C[C@@H](O)CC[C@@H]1CC[C@@H]2[C@@H](O)[C@H](O)[C@@H](CO)N12. The van der Waals surface area contributed by atoms with Crippen LogP contribution in [0.4, 0.5) is 0 Å². The van der Waals surface area contributed by atoms with Gasteiger partial charge >= 0.3 is 0 Å². The van der Waals surface area contributed by atoms with Crippen molar-refractivity contribution in [3.63, 3.8) is 0 Å². The topological polar surface area (TPSA) is 84.2 Å². The van der Waals surface area contributed by atoms with Gasteiger partial charge in [-0.1, -0.05) is 0 Å². The minimum Gasteiger partial charge on any atom is -0.395 e. The minimum atomic E-state index is -0.848. The molecule has 0 bridgehead atoms. The molecule has 17 heavy (non-hydrogen) atoms. The molecule has 5 heteroatoms. The fourth-order valence-corrected chi connectivity index (χ4v) is 3.36. The molecule has 2 rings (SSSR count). The molecule has 2 heterocycles. The summed E-state index contributed by atoms with van der Waals surface area (Å²) in [5.74, 6) is 0.